The van der Waals surface area contributed by atoms with Crippen LogP contribution in [0.1, 0.15) is 26.2 Å². The van der Waals surface area contributed by atoms with Gasteiger partial charge in [0.2, 0.25) is 10.0 Å². The second-order valence-electron chi connectivity index (χ2n) is 3.78. The molecule has 0 saturated carbocycles. The van der Waals surface area contributed by atoms with E-state index >= 15 is 0 Å². The lowest BCUT2D eigenvalue weighted by molar-refractivity contribution is -0.143. The van der Waals surface area contributed by atoms with Crippen LogP contribution in [0.15, 0.2) is 16.3 Å². The van der Waals surface area contributed by atoms with Crippen molar-refractivity contribution in [3.8, 4) is 0 Å². The standard InChI is InChI=1S/C11H16ClNO4S2/c1-2-3-8-17-10(14)6-7-13-19(15,16)11-5-4-9(12)18-11/h4-5,13H,2-3,6-8H2,1H3. The Morgan fingerprint density at radius 1 is 1.47 bits per heavy atom. The first-order valence-corrected chi connectivity index (χ1v) is 8.54. The van der Waals surface area contributed by atoms with Gasteiger partial charge in [-0.25, -0.2) is 13.1 Å². The molecule has 0 bridgehead atoms. The number of nitrogens with one attached hydrogen (secondary N) is 1. The first kappa shape index (κ1) is 16.4. The van der Waals surface area contributed by atoms with Gasteiger partial charge in [-0.2, -0.15) is 0 Å². The Morgan fingerprint density at radius 3 is 2.79 bits per heavy atom. The largest absolute Gasteiger partial charge is 0.466 e. The average molecular weight is 326 g/mol. The van der Waals surface area contributed by atoms with Gasteiger partial charge < -0.3 is 4.74 Å². The number of esters is 1. The zero-order chi connectivity index (χ0) is 14.3. The summed E-state index contributed by atoms with van der Waals surface area (Å²) >= 11 is 6.64. The molecule has 0 aliphatic rings. The van der Waals surface area contributed by atoms with Crippen LogP contribution in [0, 0.1) is 0 Å². The van der Waals surface area contributed by atoms with Gasteiger partial charge in [0.15, 0.2) is 0 Å². The minimum atomic E-state index is -3.58. The second-order valence-corrected chi connectivity index (χ2v) is 7.49. The second kappa shape index (κ2) is 7.84. The number of carbonyl (C=O) groups excluding carboxylic acids is 1. The molecule has 0 amide bonds. The van der Waals surface area contributed by atoms with Gasteiger partial charge in [0.05, 0.1) is 17.4 Å². The van der Waals surface area contributed by atoms with E-state index < -0.39 is 16.0 Å². The smallest absolute Gasteiger partial charge is 0.307 e. The van der Waals surface area contributed by atoms with Crippen molar-refractivity contribution < 1.29 is 17.9 Å². The van der Waals surface area contributed by atoms with Crippen molar-refractivity contribution in [3.05, 3.63) is 16.5 Å². The van der Waals surface area contributed by atoms with Crippen molar-refractivity contribution in [3.63, 3.8) is 0 Å². The molecule has 1 aromatic rings. The van der Waals surface area contributed by atoms with Gasteiger partial charge in [0, 0.05) is 6.54 Å². The van der Waals surface area contributed by atoms with Gasteiger partial charge in [-0.15, -0.1) is 11.3 Å². The highest BCUT2D eigenvalue weighted by Crippen LogP contribution is 2.25. The van der Waals surface area contributed by atoms with Crippen LogP contribution in [0.25, 0.3) is 0 Å². The number of carbonyl (C=O) groups is 1. The van der Waals surface area contributed by atoms with E-state index in [1.807, 2.05) is 6.92 Å². The van der Waals surface area contributed by atoms with Crippen LogP contribution in [0.4, 0.5) is 0 Å². The fourth-order valence-electron chi connectivity index (χ4n) is 1.20. The van der Waals surface area contributed by atoms with Gasteiger partial charge in [-0.05, 0) is 18.6 Å². The van der Waals surface area contributed by atoms with Crippen LogP contribution < -0.4 is 4.72 Å². The molecule has 1 heterocycles. The molecule has 0 aromatic carbocycles. The molecule has 1 aromatic heterocycles. The van der Waals surface area contributed by atoms with Crippen LogP contribution in [0.5, 0.6) is 0 Å². The van der Waals surface area contributed by atoms with Gasteiger partial charge in [0.1, 0.15) is 4.21 Å². The molecule has 0 unspecified atom stereocenters. The van der Waals surface area contributed by atoms with Crippen LogP contribution >= 0.6 is 22.9 Å². The van der Waals surface area contributed by atoms with Crippen LogP contribution in [0.3, 0.4) is 0 Å². The highest BCUT2D eigenvalue weighted by atomic mass is 35.5. The number of halogens is 1. The number of hydrogen-bond donors (Lipinski definition) is 1. The summed E-state index contributed by atoms with van der Waals surface area (Å²) in [6.07, 6.45) is 1.77. The number of sulfonamides is 1. The van der Waals surface area contributed by atoms with Crippen molar-refractivity contribution in [2.75, 3.05) is 13.2 Å². The molecule has 0 atom stereocenters. The Bertz CT molecular complexity index is 513. The number of unbranched alkanes of at least 4 members (excludes halogenated alkanes) is 1. The highest BCUT2D eigenvalue weighted by Gasteiger charge is 2.16. The molecular weight excluding hydrogens is 310 g/mol. The van der Waals surface area contributed by atoms with E-state index in [0.717, 1.165) is 24.2 Å². The molecule has 19 heavy (non-hydrogen) atoms. The quantitative estimate of drug-likeness (QED) is 0.588. The van der Waals surface area contributed by atoms with Gasteiger partial charge in [-0.3, -0.25) is 4.79 Å². The zero-order valence-electron chi connectivity index (χ0n) is 10.5. The van der Waals surface area contributed by atoms with Crippen molar-refractivity contribution in [2.24, 2.45) is 0 Å². The highest BCUT2D eigenvalue weighted by molar-refractivity contribution is 7.91. The van der Waals surface area contributed by atoms with E-state index in [1.54, 1.807) is 0 Å². The summed E-state index contributed by atoms with van der Waals surface area (Å²) in [5.74, 6) is -0.402. The molecule has 0 spiro atoms. The lowest BCUT2D eigenvalue weighted by Crippen LogP contribution is -2.26. The number of thiophene rings is 1. The molecule has 108 valence electrons. The Hall–Kier alpha value is -0.630. The lowest BCUT2D eigenvalue weighted by atomic mass is 10.3. The van der Waals surface area contributed by atoms with Crippen LogP contribution in [-0.2, 0) is 19.6 Å². The molecule has 0 aliphatic carbocycles. The topological polar surface area (TPSA) is 72.5 Å². The third-order valence-electron chi connectivity index (χ3n) is 2.20. The Labute approximate surface area is 122 Å². The summed E-state index contributed by atoms with van der Waals surface area (Å²) in [5.41, 5.74) is 0. The van der Waals surface area contributed by atoms with E-state index in [9.17, 15) is 13.2 Å². The average Bonchev–Trinajstić information content (AvgIpc) is 2.77. The lowest BCUT2D eigenvalue weighted by Gasteiger charge is -2.05. The van der Waals surface area contributed by atoms with E-state index in [2.05, 4.69) is 4.72 Å². The SMILES string of the molecule is CCCCOC(=O)CCNS(=O)(=O)c1ccc(Cl)s1. The zero-order valence-corrected chi connectivity index (χ0v) is 12.9. The first-order chi connectivity index (χ1) is 8.95. The normalized spacial score (nSPS) is 11.5. The molecule has 1 rings (SSSR count). The van der Waals surface area contributed by atoms with E-state index in [0.29, 0.717) is 10.9 Å². The predicted octanol–water partition coefficient (Wildman–Crippen LogP) is 2.41. The first-order valence-electron chi connectivity index (χ1n) is 5.86. The van der Waals surface area contributed by atoms with Crippen molar-refractivity contribution in [2.45, 2.75) is 30.4 Å². The number of hydrogen-bond acceptors (Lipinski definition) is 5. The summed E-state index contributed by atoms with van der Waals surface area (Å²) in [6.45, 7) is 2.39. The molecule has 5 nitrogen and oxygen atoms in total. The monoisotopic (exact) mass is 325 g/mol. The minimum absolute atomic E-state index is 0.0159. The minimum Gasteiger partial charge on any atom is -0.466 e. The fourth-order valence-corrected chi connectivity index (χ4v) is 3.76. The fraction of sp³-hybridized carbons (Fsp3) is 0.545. The van der Waals surface area contributed by atoms with E-state index in [4.69, 9.17) is 16.3 Å². The van der Waals surface area contributed by atoms with E-state index in [1.165, 1.54) is 12.1 Å². The van der Waals surface area contributed by atoms with Gasteiger partial charge >= 0.3 is 5.97 Å². The van der Waals surface area contributed by atoms with Crippen LogP contribution in [-0.4, -0.2) is 27.5 Å². The molecular formula is C11H16ClNO4S2. The van der Waals surface area contributed by atoms with E-state index in [-0.39, 0.29) is 17.2 Å². The van der Waals surface area contributed by atoms with Crippen molar-refractivity contribution in [1.82, 2.24) is 4.72 Å². The van der Waals surface area contributed by atoms with Crippen LogP contribution in [0.2, 0.25) is 4.34 Å². The number of rotatable bonds is 8. The van der Waals surface area contributed by atoms with Crippen molar-refractivity contribution in [1.29, 1.82) is 0 Å². The van der Waals surface area contributed by atoms with Crippen molar-refractivity contribution >= 4 is 38.9 Å². The summed E-state index contributed by atoms with van der Waals surface area (Å²) in [4.78, 5) is 11.3. The Balaban J connectivity index is 2.34. The Kier molecular flexibility index (Phi) is 6.78. The third kappa shape index (κ3) is 5.90. The number of ether oxygens (including phenoxy) is 1. The summed E-state index contributed by atoms with van der Waals surface area (Å²) in [6, 6.07) is 2.94. The maximum Gasteiger partial charge on any atom is 0.307 e. The molecule has 0 aliphatic heterocycles. The molecule has 0 fully saturated rings. The molecule has 0 radical (unpaired) electrons. The molecule has 8 heteroatoms. The predicted molar refractivity (Wildman–Crippen MR) is 75.0 cm³/mol. The molecule has 0 saturated heterocycles. The van der Waals surface area contributed by atoms with Gasteiger partial charge in [0.25, 0.3) is 0 Å². The maximum atomic E-state index is 11.8. The summed E-state index contributed by atoms with van der Waals surface area (Å²) in [7, 11) is -3.58. The summed E-state index contributed by atoms with van der Waals surface area (Å²) in [5, 5.41) is 0. The maximum absolute atomic E-state index is 11.8. The van der Waals surface area contributed by atoms with Gasteiger partial charge in [-0.1, -0.05) is 24.9 Å². The molecule has 1 N–H and O–H groups in total. The third-order valence-corrected chi connectivity index (χ3v) is 5.38. The Morgan fingerprint density at radius 2 is 2.21 bits per heavy atom. The summed E-state index contributed by atoms with van der Waals surface area (Å²) < 4.78 is 31.3.